The van der Waals surface area contributed by atoms with Gasteiger partial charge in [0, 0.05) is 24.2 Å². The van der Waals surface area contributed by atoms with Crippen molar-refractivity contribution in [3.8, 4) is 0 Å². The van der Waals surface area contributed by atoms with Gasteiger partial charge in [-0.15, -0.1) is 0 Å². The van der Waals surface area contributed by atoms with E-state index >= 15 is 0 Å². The highest BCUT2D eigenvalue weighted by atomic mass is 16.4. The predicted molar refractivity (Wildman–Crippen MR) is 82.6 cm³/mol. The quantitative estimate of drug-likeness (QED) is 0.764. The average molecular weight is 320 g/mol. The molecule has 1 aromatic heterocycles. The molecule has 0 radical (unpaired) electrons. The van der Waals surface area contributed by atoms with Crippen molar-refractivity contribution in [2.75, 3.05) is 6.54 Å². The molecular formula is C16H20N2O5. The largest absolute Gasteiger partial charge is 0.481 e. The highest BCUT2D eigenvalue weighted by molar-refractivity contribution is 6.02. The van der Waals surface area contributed by atoms with Gasteiger partial charge in [-0.25, -0.2) is 0 Å². The molecule has 124 valence electrons. The standard InChI is InChI=1S/C16H20N2O5/c1-8(15(22)23)7-17-13(20)10-4-9-11(18-14(10)21)5-16(2,3)6-12(9)19/h4,8H,5-7H2,1-3H3,(H,17,20)(H,18,21)(H,22,23). The second-order valence-corrected chi connectivity index (χ2v) is 6.79. The molecule has 1 unspecified atom stereocenters. The number of carbonyl (C=O) groups excluding carboxylic acids is 2. The fourth-order valence-corrected chi connectivity index (χ4v) is 2.62. The summed E-state index contributed by atoms with van der Waals surface area (Å²) in [6, 6.07) is 1.31. The van der Waals surface area contributed by atoms with E-state index in [2.05, 4.69) is 10.3 Å². The smallest absolute Gasteiger partial charge is 0.308 e. The molecule has 0 saturated heterocycles. The summed E-state index contributed by atoms with van der Waals surface area (Å²) in [5.41, 5.74) is -0.0653. The third-order valence-corrected chi connectivity index (χ3v) is 3.95. The Morgan fingerprint density at radius 1 is 1.35 bits per heavy atom. The van der Waals surface area contributed by atoms with E-state index in [0.717, 1.165) is 0 Å². The van der Waals surface area contributed by atoms with Gasteiger partial charge in [0.2, 0.25) is 0 Å². The monoisotopic (exact) mass is 320 g/mol. The molecule has 0 spiro atoms. The summed E-state index contributed by atoms with van der Waals surface area (Å²) < 4.78 is 0. The van der Waals surface area contributed by atoms with Crippen LogP contribution in [0.25, 0.3) is 0 Å². The number of H-pyrrole nitrogens is 1. The lowest BCUT2D eigenvalue weighted by Gasteiger charge is -2.29. The number of aromatic nitrogens is 1. The normalized spacial score (nSPS) is 17.3. The molecule has 0 bridgehead atoms. The van der Waals surface area contributed by atoms with Gasteiger partial charge in [-0.3, -0.25) is 19.2 Å². The predicted octanol–water partition coefficient (Wildman–Crippen LogP) is 0.980. The number of pyridine rings is 1. The van der Waals surface area contributed by atoms with Gasteiger partial charge in [0.05, 0.1) is 5.92 Å². The number of hydrogen-bond donors (Lipinski definition) is 3. The van der Waals surface area contributed by atoms with Crippen LogP contribution in [0.2, 0.25) is 0 Å². The number of Topliss-reactive ketones (excluding diaryl/α,β-unsaturated/α-hetero) is 1. The molecule has 1 amide bonds. The Morgan fingerprint density at radius 3 is 2.61 bits per heavy atom. The molecule has 1 heterocycles. The lowest BCUT2D eigenvalue weighted by molar-refractivity contribution is -0.140. The van der Waals surface area contributed by atoms with Crippen LogP contribution in [0.5, 0.6) is 0 Å². The molecule has 23 heavy (non-hydrogen) atoms. The molecule has 1 atom stereocenters. The molecule has 1 aliphatic rings. The first-order valence-corrected chi connectivity index (χ1v) is 7.41. The summed E-state index contributed by atoms with van der Waals surface area (Å²) in [5, 5.41) is 11.2. The Balaban J connectivity index is 2.27. The maximum atomic E-state index is 12.2. The first-order valence-electron chi connectivity index (χ1n) is 7.41. The highest BCUT2D eigenvalue weighted by Gasteiger charge is 2.32. The van der Waals surface area contributed by atoms with Crippen molar-refractivity contribution < 1.29 is 19.5 Å². The van der Waals surface area contributed by atoms with Crippen LogP contribution in [0.4, 0.5) is 0 Å². The number of ketones is 1. The van der Waals surface area contributed by atoms with Crippen LogP contribution >= 0.6 is 0 Å². The van der Waals surface area contributed by atoms with Gasteiger partial charge in [0.1, 0.15) is 5.56 Å². The van der Waals surface area contributed by atoms with Crippen LogP contribution < -0.4 is 10.9 Å². The van der Waals surface area contributed by atoms with Crippen LogP contribution in [0.3, 0.4) is 0 Å². The molecule has 7 nitrogen and oxygen atoms in total. The maximum Gasteiger partial charge on any atom is 0.308 e. The van der Waals surface area contributed by atoms with Crippen LogP contribution in [-0.2, 0) is 11.2 Å². The van der Waals surface area contributed by atoms with Crippen LogP contribution in [0, 0.1) is 11.3 Å². The Hall–Kier alpha value is -2.44. The van der Waals surface area contributed by atoms with E-state index in [9.17, 15) is 19.2 Å². The summed E-state index contributed by atoms with van der Waals surface area (Å²) in [6.45, 7) is 5.25. The van der Waals surface area contributed by atoms with E-state index in [1.807, 2.05) is 13.8 Å². The van der Waals surface area contributed by atoms with E-state index in [4.69, 9.17) is 5.11 Å². The minimum Gasteiger partial charge on any atom is -0.481 e. The minimum atomic E-state index is -1.04. The van der Waals surface area contributed by atoms with Crippen molar-refractivity contribution in [1.82, 2.24) is 10.3 Å². The van der Waals surface area contributed by atoms with Gasteiger partial charge in [0.25, 0.3) is 11.5 Å². The third-order valence-electron chi connectivity index (χ3n) is 3.95. The van der Waals surface area contributed by atoms with Gasteiger partial charge in [-0.05, 0) is 17.9 Å². The Morgan fingerprint density at radius 2 is 2.00 bits per heavy atom. The summed E-state index contributed by atoms with van der Waals surface area (Å²) >= 11 is 0. The summed E-state index contributed by atoms with van der Waals surface area (Å²) in [6.07, 6.45) is 0.907. The lowest BCUT2D eigenvalue weighted by Crippen LogP contribution is -2.37. The Labute approximate surface area is 133 Å². The number of aromatic amines is 1. The number of rotatable bonds is 4. The average Bonchev–Trinajstić information content (AvgIpc) is 2.42. The molecule has 1 aromatic rings. The molecule has 0 aromatic carbocycles. The van der Waals surface area contributed by atoms with Crippen molar-refractivity contribution in [2.24, 2.45) is 11.3 Å². The Kier molecular flexibility index (Phi) is 4.40. The molecule has 3 N–H and O–H groups in total. The number of nitrogens with one attached hydrogen (secondary N) is 2. The van der Waals surface area contributed by atoms with Crippen molar-refractivity contribution in [2.45, 2.75) is 33.6 Å². The van der Waals surface area contributed by atoms with Crippen molar-refractivity contribution in [1.29, 1.82) is 0 Å². The summed E-state index contributed by atoms with van der Waals surface area (Å²) in [5.74, 6) is -2.60. The molecule has 1 aliphatic carbocycles. The molecule has 0 saturated carbocycles. The van der Waals surface area contributed by atoms with Crippen molar-refractivity contribution in [3.05, 3.63) is 33.2 Å². The molecule has 0 fully saturated rings. The van der Waals surface area contributed by atoms with E-state index in [-0.39, 0.29) is 23.3 Å². The fraction of sp³-hybridized carbons (Fsp3) is 0.500. The summed E-state index contributed by atoms with van der Waals surface area (Å²) in [4.78, 5) is 49.7. The lowest BCUT2D eigenvalue weighted by atomic mass is 9.75. The second kappa shape index (κ2) is 5.98. The number of fused-ring (bicyclic) bond motifs is 1. The molecule has 2 rings (SSSR count). The van der Waals surface area contributed by atoms with E-state index < -0.39 is 23.4 Å². The molecule has 0 aliphatic heterocycles. The first kappa shape index (κ1) is 16.9. The first-order chi connectivity index (χ1) is 10.6. The number of aliphatic carboxylic acids is 1. The van der Waals surface area contributed by atoms with Crippen LogP contribution in [0.15, 0.2) is 10.9 Å². The van der Waals surface area contributed by atoms with Crippen molar-refractivity contribution >= 4 is 17.7 Å². The minimum absolute atomic E-state index is 0.0916. The van der Waals surface area contributed by atoms with Crippen LogP contribution in [-0.4, -0.2) is 34.3 Å². The Bertz CT molecular complexity index is 732. The van der Waals surface area contributed by atoms with E-state index in [1.54, 1.807) is 0 Å². The van der Waals surface area contributed by atoms with Crippen molar-refractivity contribution in [3.63, 3.8) is 0 Å². The van der Waals surface area contributed by atoms with Gasteiger partial charge in [0.15, 0.2) is 5.78 Å². The number of hydrogen-bond acceptors (Lipinski definition) is 4. The number of amides is 1. The molecule has 7 heteroatoms. The zero-order chi connectivity index (χ0) is 17.4. The number of carbonyl (C=O) groups is 3. The van der Waals surface area contributed by atoms with Gasteiger partial charge < -0.3 is 15.4 Å². The maximum absolute atomic E-state index is 12.2. The SMILES string of the molecule is CC(CNC(=O)c1cc2c([nH]c1=O)CC(C)(C)CC2=O)C(=O)O. The zero-order valence-electron chi connectivity index (χ0n) is 13.4. The topological polar surface area (TPSA) is 116 Å². The number of carboxylic acid groups (broad SMARTS) is 1. The second-order valence-electron chi connectivity index (χ2n) is 6.79. The zero-order valence-corrected chi connectivity index (χ0v) is 13.4. The molecular weight excluding hydrogens is 300 g/mol. The fourth-order valence-electron chi connectivity index (χ4n) is 2.62. The van der Waals surface area contributed by atoms with Gasteiger partial charge in [-0.2, -0.15) is 0 Å². The number of carboxylic acids is 1. The highest BCUT2D eigenvalue weighted by Crippen LogP contribution is 2.33. The van der Waals surface area contributed by atoms with Gasteiger partial charge in [-0.1, -0.05) is 20.8 Å². The van der Waals surface area contributed by atoms with E-state index in [1.165, 1.54) is 13.0 Å². The summed E-state index contributed by atoms with van der Waals surface area (Å²) in [7, 11) is 0. The van der Waals surface area contributed by atoms with E-state index in [0.29, 0.717) is 24.1 Å². The third kappa shape index (κ3) is 3.67. The van der Waals surface area contributed by atoms with Crippen LogP contribution in [0.1, 0.15) is 53.6 Å². The van der Waals surface area contributed by atoms with Gasteiger partial charge >= 0.3 is 5.97 Å².